The fraction of sp³-hybridized carbons (Fsp3) is 0.808. The van der Waals surface area contributed by atoms with Gasteiger partial charge in [-0.3, -0.25) is 4.90 Å². The van der Waals surface area contributed by atoms with Crippen LogP contribution in [0.2, 0.25) is 0 Å². The molecule has 2 rings (SSSR count). The highest BCUT2D eigenvalue weighted by Gasteiger charge is 2.40. The Balaban J connectivity index is 2.22. The Hall–Kier alpha value is -1.29. The van der Waals surface area contributed by atoms with E-state index in [1.165, 1.54) is 56.3 Å². The van der Waals surface area contributed by atoms with E-state index >= 15 is 0 Å². The van der Waals surface area contributed by atoms with Crippen molar-refractivity contribution in [3.8, 4) is 0 Å². The molecule has 1 saturated heterocycles. The van der Waals surface area contributed by atoms with E-state index in [9.17, 15) is 0 Å². The molecule has 2 atom stereocenters. The van der Waals surface area contributed by atoms with E-state index in [0.717, 1.165) is 44.5 Å². The number of rotatable bonds is 12. The summed E-state index contributed by atoms with van der Waals surface area (Å²) < 4.78 is 6.62. The summed E-state index contributed by atoms with van der Waals surface area (Å²) in [6.45, 7) is 15.1. The van der Waals surface area contributed by atoms with Crippen LogP contribution in [0.3, 0.4) is 0 Å². The van der Waals surface area contributed by atoms with Gasteiger partial charge in [0.25, 0.3) is 0 Å². The van der Waals surface area contributed by atoms with Gasteiger partial charge in [-0.05, 0) is 65.5 Å². The Morgan fingerprint density at radius 2 is 1.90 bits per heavy atom. The normalized spacial score (nSPS) is 23.4. The molecule has 172 valence electrons. The van der Waals surface area contributed by atoms with E-state index in [1.54, 1.807) is 0 Å². The molecule has 0 aromatic heterocycles. The Morgan fingerprint density at radius 1 is 1.13 bits per heavy atom. The lowest BCUT2D eigenvalue weighted by atomic mass is 9.73. The van der Waals surface area contributed by atoms with Crippen molar-refractivity contribution >= 4 is 5.90 Å². The monoisotopic (exact) mass is 418 g/mol. The molecule has 0 bridgehead atoms. The van der Waals surface area contributed by atoms with Crippen molar-refractivity contribution in [3.63, 3.8) is 0 Å². The Kier molecular flexibility index (Phi) is 11.0. The van der Waals surface area contributed by atoms with Crippen molar-refractivity contribution in [1.29, 1.82) is 0 Å². The number of nitrogens with zero attached hydrogens (tertiary/aromatic N) is 2. The average Bonchev–Trinajstić information content (AvgIpc) is 2.77. The Bertz CT molecular complexity index is 590. The van der Waals surface area contributed by atoms with Gasteiger partial charge in [0.05, 0.1) is 5.41 Å². The fourth-order valence-corrected chi connectivity index (χ4v) is 4.76. The molecule has 0 spiro atoms. The molecule has 0 amide bonds. The zero-order chi connectivity index (χ0) is 21.8. The maximum Gasteiger partial charge on any atom is 0.232 e. The second-order valence-corrected chi connectivity index (χ2v) is 9.31. The third kappa shape index (κ3) is 7.44. The minimum absolute atomic E-state index is 0.0717. The largest absolute Gasteiger partial charge is 0.470 e. The molecule has 0 N–H and O–H groups in total. The molecule has 2 aliphatic rings. The summed E-state index contributed by atoms with van der Waals surface area (Å²) in [7, 11) is 0. The highest BCUT2D eigenvalue weighted by molar-refractivity contribution is 5.83. The maximum atomic E-state index is 6.62. The standard InChI is InChI=1S/C26H46N2O2/c1-6-10-15-26(14-7-2,19-23(9-4)18-22(5)8-3)25-27-29-21-24(30-25)20-28-16-12-11-13-17-28/h9,18,24H,6-8,10-17,19-21H2,1-5H3/b22-18-,23-9+. The zero-order valence-electron chi connectivity index (χ0n) is 20.3. The first-order valence-electron chi connectivity index (χ1n) is 12.5. The molecule has 4 nitrogen and oxygen atoms in total. The van der Waals surface area contributed by atoms with Crippen LogP contribution in [0.4, 0.5) is 0 Å². The first-order chi connectivity index (χ1) is 14.6. The van der Waals surface area contributed by atoms with E-state index in [1.807, 2.05) is 0 Å². The number of hydrogen-bond donors (Lipinski definition) is 0. The van der Waals surface area contributed by atoms with Gasteiger partial charge in [-0.25, -0.2) is 0 Å². The maximum absolute atomic E-state index is 6.62. The van der Waals surface area contributed by atoms with Gasteiger partial charge >= 0.3 is 0 Å². The molecule has 0 saturated carbocycles. The molecule has 0 radical (unpaired) electrons. The second kappa shape index (κ2) is 13.2. The van der Waals surface area contributed by atoms with Crippen LogP contribution in [0, 0.1) is 5.41 Å². The van der Waals surface area contributed by atoms with Crippen molar-refractivity contribution in [3.05, 3.63) is 23.3 Å². The number of piperidine rings is 1. The topological polar surface area (TPSA) is 34.1 Å². The molecule has 0 aromatic carbocycles. The van der Waals surface area contributed by atoms with Crippen LogP contribution in [0.15, 0.2) is 28.5 Å². The molecule has 4 heteroatoms. The summed E-state index contributed by atoms with van der Waals surface area (Å²) in [6.07, 6.45) is 16.4. The van der Waals surface area contributed by atoms with Gasteiger partial charge in [-0.1, -0.05) is 74.9 Å². The van der Waals surface area contributed by atoms with E-state index in [4.69, 9.17) is 9.57 Å². The van der Waals surface area contributed by atoms with Gasteiger partial charge in [-0.15, -0.1) is 0 Å². The third-order valence-electron chi connectivity index (χ3n) is 6.69. The molecule has 2 unspecified atom stereocenters. The van der Waals surface area contributed by atoms with Gasteiger partial charge < -0.3 is 9.57 Å². The SMILES string of the molecule is C/C=C(\C=C(\C)CC)CC(CCC)(CCCC)C1=NOCC(CN2CCCCC2)O1. The number of allylic oxidation sites excluding steroid dienone is 4. The molecular formula is C26H46N2O2. The summed E-state index contributed by atoms with van der Waals surface area (Å²) in [4.78, 5) is 8.33. The molecule has 1 fully saturated rings. The molecular weight excluding hydrogens is 372 g/mol. The fourth-order valence-electron chi connectivity index (χ4n) is 4.76. The van der Waals surface area contributed by atoms with Crippen LogP contribution in [0.25, 0.3) is 0 Å². The van der Waals surface area contributed by atoms with Crippen molar-refractivity contribution in [2.75, 3.05) is 26.2 Å². The third-order valence-corrected chi connectivity index (χ3v) is 6.69. The van der Waals surface area contributed by atoms with Gasteiger partial charge in [-0.2, -0.15) is 0 Å². The van der Waals surface area contributed by atoms with Gasteiger partial charge in [0.15, 0.2) is 6.61 Å². The lowest BCUT2D eigenvalue weighted by molar-refractivity contribution is -0.0234. The van der Waals surface area contributed by atoms with Gasteiger partial charge in [0, 0.05) is 6.54 Å². The van der Waals surface area contributed by atoms with Crippen LogP contribution < -0.4 is 0 Å². The highest BCUT2D eigenvalue weighted by Crippen LogP contribution is 2.41. The summed E-state index contributed by atoms with van der Waals surface area (Å²) in [5.41, 5.74) is 2.75. The first-order valence-corrected chi connectivity index (χ1v) is 12.5. The molecule has 2 heterocycles. The van der Waals surface area contributed by atoms with Crippen molar-refractivity contribution in [1.82, 2.24) is 4.90 Å². The molecule has 2 aliphatic heterocycles. The molecule has 30 heavy (non-hydrogen) atoms. The number of hydrogen-bond acceptors (Lipinski definition) is 4. The lowest BCUT2D eigenvalue weighted by Gasteiger charge is -2.39. The van der Waals surface area contributed by atoms with Crippen LogP contribution in [0.1, 0.15) is 98.8 Å². The number of likely N-dealkylation sites (tertiary alicyclic amines) is 1. The Labute approximate surface area is 185 Å². The van der Waals surface area contributed by atoms with Crippen molar-refractivity contribution in [2.24, 2.45) is 10.6 Å². The highest BCUT2D eigenvalue weighted by atomic mass is 16.7. The minimum Gasteiger partial charge on any atom is -0.470 e. The predicted molar refractivity (Wildman–Crippen MR) is 128 cm³/mol. The van der Waals surface area contributed by atoms with E-state index in [2.05, 4.69) is 56.8 Å². The lowest BCUT2D eigenvalue weighted by Crippen LogP contribution is -2.45. The van der Waals surface area contributed by atoms with Crippen molar-refractivity contribution < 1.29 is 9.57 Å². The number of oxime groups is 1. The van der Waals surface area contributed by atoms with Gasteiger partial charge in [0.1, 0.15) is 6.10 Å². The summed E-state index contributed by atoms with van der Waals surface area (Å²) in [6, 6.07) is 0. The van der Waals surface area contributed by atoms with Crippen LogP contribution in [0.5, 0.6) is 0 Å². The number of unbranched alkanes of at least 4 members (excludes halogenated alkanes) is 1. The summed E-state index contributed by atoms with van der Waals surface area (Å²) in [5, 5.41) is 4.53. The van der Waals surface area contributed by atoms with E-state index in [0.29, 0.717) is 6.61 Å². The van der Waals surface area contributed by atoms with Crippen molar-refractivity contribution in [2.45, 2.75) is 105 Å². The quantitative estimate of drug-likeness (QED) is 0.324. The first kappa shape index (κ1) is 25.0. The summed E-state index contributed by atoms with van der Waals surface area (Å²) in [5.74, 6) is 0.855. The minimum atomic E-state index is -0.0717. The average molecular weight is 419 g/mol. The predicted octanol–water partition coefficient (Wildman–Crippen LogP) is 6.87. The van der Waals surface area contributed by atoms with Gasteiger partial charge in [0.2, 0.25) is 5.90 Å². The summed E-state index contributed by atoms with van der Waals surface area (Å²) >= 11 is 0. The van der Waals surface area contributed by atoms with E-state index < -0.39 is 0 Å². The number of ether oxygens (including phenoxy) is 1. The van der Waals surface area contributed by atoms with Crippen LogP contribution >= 0.6 is 0 Å². The van der Waals surface area contributed by atoms with E-state index in [-0.39, 0.29) is 11.5 Å². The zero-order valence-corrected chi connectivity index (χ0v) is 20.3. The molecule has 0 aromatic rings. The second-order valence-electron chi connectivity index (χ2n) is 9.31. The van der Waals surface area contributed by atoms with Crippen LogP contribution in [-0.4, -0.2) is 43.1 Å². The smallest absolute Gasteiger partial charge is 0.232 e. The molecule has 0 aliphatic carbocycles. The Morgan fingerprint density at radius 3 is 2.53 bits per heavy atom. The van der Waals surface area contributed by atoms with Crippen LogP contribution in [-0.2, 0) is 9.57 Å².